The highest BCUT2D eigenvalue weighted by molar-refractivity contribution is 7.16. The number of aliphatic hydroxyl groups excluding tert-OH is 1. The molecule has 0 aromatic carbocycles. The summed E-state index contributed by atoms with van der Waals surface area (Å²) in [6.07, 6.45) is 7.20. The van der Waals surface area contributed by atoms with Gasteiger partial charge in [-0.25, -0.2) is 4.79 Å². The van der Waals surface area contributed by atoms with Crippen LogP contribution in [0.5, 0.6) is 0 Å². The van der Waals surface area contributed by atoms with Gasteiger partial charge in [0.25, 0.3) is 0 Å². The van der Waals surface area contributed by atoms with Gasteiger partial charge in [0.05, 0.1) is 24.2 Å². The van der Waals surface area contributed by atoms with E-state index in [0.29, 0.717) is 49.3 Å². The largest absolute Gasteiger partial charge is 0.472 e. The van der Waals surface area contributed by atoms with E-state index in [1.54, 1.807) is 12.1 Å². The molecule has 2 aromatic heterocycles. The molecule has 8 nitrogen and oxygen atoms in total. The number of furan rings is 1. The van der Waals surface area contributed by atoms with Gasteiger partial charge in [-0.1, -0.05) is 0 Å². The fourth-order valence-electron chi connectivity index (χ4n) is 3.68. The molecule has 1 aliphatic heterocycles. The van der Waals surface area contributed by atoms with Crippen LogP contribution in [0.1, 0.15) is 34.4 Å². The van der Waals surface area contributed by atoms with Gasteiger partial charge >= 0.3 is 6.09 Å². The molecule has 0 spiro atoms. The molecule has 0 saturated carbocycles. The Morgan fingerprint density at radius 2 is 2.30 bits per heavy atom. The predicted molar refractivity (Wildman–Crippen MR) is 110 cm³/mol. The minimum Gasteiger partial charge on any atom is -0.472 e. The highest BCUT2D eigenvalue weighted by atomic mass is 32.1. The van der Waals surface area contributed by atoms with E-state index in [1.807, 2.05) is 0 Å². The third-order valence-corrected chi connectivity index (χ3v) is 6.40. The van der Waals surface area contributed by atoms with Crippen molar-refractivity contribution in [1.82, 2.24) is 4.90 Å². The molecular weight excluding hydrogens is 406 g/mol. The highest BCUT2D eigenvalue weighted by Gasteiger charge is 2.31. The summed E-state index contributed by atoms with van der Waals surface area (Å²) in [5.74, 6) is -0.332. The molecule has 4 rings (SSSR count). The summed E-state index contributed by atoms with van der Waals surface area (Å²) in [6.45, 7) is 0.801. The lowest BCUT2D eigenvalue weighted by Crippen LogP contribution is -2.35. The van der Waals surface area contributed by atoms with Crippen molar-refractivity contribution in [3.05, 3.63) is 46.2 Å². The maximum Gasteiger partial charge on any atom is 0.410 e. The molecule has 1 saturated heterocycles. The van der Waals surface area contributed by atoms with Crippen LogP contribution in [0.15, 0.2) is 29.1 Å². The Labute approximate surface area is 177 Å². The Morgan fingerprint density at radius 3 is 3.00 bits per heavy atom. The fraction of sp³-hybridized carbons (Fsp3) is 0.381. The molecule has 2 N–H and O–H groups in total. The third-order valence-electron chi connectivity index (χ3n) is 5.23. The molecule has 3 heterocycles. The summed E-state index contributed by atoms with van der Waals surface area (Å²) in [7, 11) is 0. The van der Waals surface area contributed by atoms with Gasteiger partial charge in [-0.3, -0.25) is 4.79 Å². The number of amides is 2. The monoisotopic (exact) mass is 427 g/mol. The second kappa shape index (κ2) is 8.73. The van der Waals surface area contributed by atoms with Gasteiger partial charge in [0.15, 0.2) is 0 Å². The van der Waals surface area contributed by atoms with Crippen molar-refractivity contribution in [3.63, 3.8) is 0 Å². The van der Waals surface area contributed by atoms with Crippen LogP contribution in [0.3, 0.4) is 0 Å². The molecule has 0 bridgehead atoms. The Balaban J connectivity index is 1.41. The van der Waals surface area contributed by atoms with E-state index in [-0.39, 0.29) is 12.0 Å². The minimum atomic E-state index is -0.486. The lowest BCUT2D eigenvalue weighted by atomic mass is 9.94. The number of anilines is 1. The standard InChI is InChI=1S/C21H21N3O5S/c22-10-17-16-3-2-15(29-21(27)24-7-5-14(25)11-24)9-18(16)30-20(17)23-19(26)4-1-13-6-8-28-12-13/h1,4,6,8,12,14-15,25H,2-3,5,7,9,11H2,(H,23,26)/b4-1+. The number of carbonyl (C=O) groups is 2. The molecule has 1 fully saturated rings. The third kappa shape index (κ3) is 4.40. The number of nitrogens with zero attached hydrogens (tertiary/aromatic N) is 2. The zero-order valence-corrected chi connectivity index (χ0v) is 17.0. The van der Waals surface area contributed by atoms with Gasteiger partial charge < -0.3 is 24.5 Å². The van der Waals surface area contributed by atoms with Crippen molar-refractivity contribution in [2.75, 3.05) is 18.4 Å². The first kappa shape index (κ1) is 20.2. The van der Waals surface area contributed by atoms with Crippen molar-refractivity contribution >= 4 is 34.4 Å². The second-order valence-corrected chi connectivity index (χ2v) is 8.44. The second-order valence-electron chi connectivity index (χ2n) is 7.34. The van der Waals surface area contributed by atoms with Crippen LogP contribution in [-0.2, 0) is 22.4 Å². The molecule has 156 valence electrons. The number of hydrogen-bond donors (Lipinski definition) is 2. The van der Waals surface area contributed by atoms with E-state index in [0.717, 1.165) is 16.0 Å². The Morgan fingerprint density at radius 1 is 1.43 bits per heavy atom. The Kier molecular flexibility index (Phi) is 5.88. The van der Waals surface area contributed by atoms with Crippen LogP contribution in [0, 0.1) is 11.3 Å². The first-order chi connectivity index (χ1) is 14.5. The van der Waals surface area contributed by atoms with Gasteiger partial charge in [0.2, 0.25) is 5.91 Å². The zero-order chi connectivity index (χ0) is 21.1. The summed E-state index contributed by atoms with van der Waals surface area (Å²) in [5, 5.41) is 22.5. The normalized spacial score (nSPS) is 20.7. The number of rotatable bonds is 4. The van der Waals surface area contributed by atoms with Crippen molar-refractivity contribution in [3.8, 4) is 6.07 Å². The summed E-state index contributed by atoms with van der Waals surface area (Å²) in [6, 6.07) is 3.93. The maximum atomic E-state index is 12.3. The molecule has 0 radical (unpaired) electrons. The highest BCUT2D eigenvalue weighted by Crippen LogP contribution is 2.38. The molecule has 30 heavy (non-hydrogen) atoms. The number of ether oxygens (including phenoxy) is 1. The van der Waals surface area contributed by atoms with E-state index < -0.39 is 12.2 Å². The Bertz CT molecular complexity index is 1000. The maximum absolute atomic E-state index is 12.3. The molecular formula is C21H21N3O5S. The van der Waals surface area contributed by atoms with Gasteiger partial charge in [0, 0.05) is 36.0 Å². The van der Waals surface area contributed by atoms with Crippen LogP contribution >= 0.6 is 11.3 Å². The summed E-state index contributed by atoms with van der Waals surface area (Å²) >= 11 is 1.35. The van der Waals surface area contributed by atoms with E-state index in [1.165, 1.54) is 34.8 Å². The van der Waals surface area contributed by atoms with Crippen molar-refractivity contribution in [2.24, 2.45) is 0 Å². The van der Waals surface area contributed by atoms with Gasteiger partial charge in [0.1, 0.15) is 17.2 Å². The molecule has 1 aliphatic carbocycles. The number of hydrogen-bond acceptors (Lipinski definition) is 7. The van der Waals surface area contributed by atoms with Gasteiger partial charge in [-0.05, 0) is 37.0 Å². The summed E-state index contributed by atoms with van der Waals surface area (Å²) in [5.41, 5.74) is 2.17. The average molecular weight is 427 g/mol. The van der Waals surface area contributed by atoms with Crippen molar-refractivity contribution < 1.29 is 23.8 Å². The van der Waals surface area contributed by atoms with E-state index in [4.69, 9.17) is 9.15 Å². The number of aliphatic hydroxyl groups is 1. The predicted octanol–water partition coefficient (Wildman–Crippen LogP) is 2.93. The zero-order valence-electron chi connectivity index (χ0n) is 16.2. The molecule has 2 atom stereocenters. The van der Waals surface area contributed by atoms with Crippen molar-refractivity contribution in [2.45, 2.75) is 37.9 Å². The van der Waals surface area contributed by atoms with Crippen LogP contribution in [0.2, 0.25) is 0 Å². The van der Waals surface area contributed by atoms with E-state index in [2.05, 4.69) is 11.4 Å². The number of likely N-dealkylation sites (tertiary alicyclic amines) is 1. The number of thiophene rings is 1. The first-order valence-electron chi connectivity index (χ1n) is 9.73. The van der Waals surface area contributed by atoms with Gasteiger partial charge in [-0.15, -0.1) is 11.3 Å². The average Bonchev–Trinajstić information content (AvgIpc) is 3.45. The molecule has 9 heteroatoms. The summed E-state index contributed by atoms with van der Waals surface area (Å²) < 4.78 is 10.6. The lowest BCUT2D eigenvalue weighted by molar-refractivity contribution is -0.111. The van der Waals surface area contributed by atoms with Crippen LogP contribution < -0.4 is 5.32 Å². The SMILES string of the molecule is N#Cc1c(NC(=O)/C=C/c2ccoc2)sc2c1CCC(OC(=O)N1CCC(O)C1)C2. The molecule has 2 aliphatic rings. The molecule has 2 aromatic rings. The van der Waals surface area contributed by atoms with Crippen molar-refractivity contribution in [1.29, 1.82) is 5.26 Å². The fourth-order valence-corrected chi connectivity index (χ4v) is 4.95. The quantitative estimate of drug-likeness (QED) is 0.725. The summed E-state index contributed by atoms with van der Waals surface area (Å²) in [4.78, 5) is 27.0. The first-order valence-corrected chi connectivity index (χ1v) is 10.5. The number of nitriles is 1. The smallest absolute Gasteiger partial charge is 0.410 e. The number of fused-ring (bicyclic) bond motifs is 1. The van der Waals surface area contributed by atoms with Crippen LogP contribution in [0.25, 0.3) is 6.08 Å². The Hall–Kier alpha value is -3.09. The van der Waals surface area contributed by atoms with E-state index >= 15 is 0 Å². The molecule has 2 amide bonds. The number of carbonyl (C=O) groups excluding carboxylic acids is 2. The topological polar surface area (TPSA) is 116 Å². The van der Waals surface area contributed by atoms with Crippen LogP contribution in [-0.4, -0.2) is 47.3 Å². The van der Waals surface area contributed by atoms with E-state index in [9.17, 15) is 20.0 Å². The lowest BCUT2D eigenvalue weighted by Gasteiger charge is -2.25. The van der Waals surface area contributed by atoms with Gasteiger partial charge in [-0.2, -0.15) is 5.26 Å². The minimum absolute atomic E-state index is 0.280. The number of nitrogens with one attached hydrogen (secondary N) is 1. The van der Waals surface area contributed by atoms with Crippen LogP contribution in [0.4, 0.5) is 9.80 Å². The molecule has 2 unspecified atom stereocenters. The number of β-amino-alcohol motifs (C(OH)–C–C–N with tert-alkyl or cyclic N) is 1.